The standard InChI is InChI=1S/C18H21BrN2O/c1-20-10-12-7-16-14(13-4-3-5-15(20)18(12)13)6-11(9-21(16)2)17(22)8-19/h3-5,10-11,14,16H,6-9H2,1-2H3/t11?,14?,16-/m1/s1. The molecular weight excluding hydrogens is 340 g/mol. The number of rotatable bonds is 2. The van der Waals surface area contributed by atoms with Crippen molar-refractivity contribution >= 4 is 32.6 Å². The van der Waals surface area contributed by atoms with Crippen LogP contribution >= 0.6 is 15.9 Å². The zero-order valence-corrected chi connectivity index (χ0v) is 14.6. The molecule has 0 spiro atoms. The summed E-state index contributed by atoms with van der Waals surface area (Å²) in [5.74, 6) is 0.979. The topological polar surface area (TPSA) is 25.2 Å². The molecule has 0 bridgehead atoms. The van der Waals surface area contributed by atoms with E-state index >= 15 is 0 Å². The molecule has 2 unspecified atom stereocenters. The molecular formula is C18H21BrN2O. The summed E-state index contributed by atoms with van der Waals surface area (Å²) >= 11 is 3.35. The van der Waals surface area contributed by atoms with Crippen LogP contribution in [0.3, 0.4) is 0 Å². The van der Waals surface area contributed by atoms with E-state index in [2.05, 4.69) is 63.9 Å². The number of nitrogens with zero attached hydrogens (tertiary/aromatic N) is 2. The molecule has 1 aliphatic carbocycles. The third-order valence-corrected chi connectivity index (χ3v) is 6.17. The maximum absolute atomic E-state index is 12.2. The van der Waals surface area contributed by atoms with Gasteiger partial charge in [-0.3, -0.25) is 4.79 Å². The number of fused-ring (bicyclic) bond motifs is 2. The number of hydrogen-bond donors (Lipinski definition) is 0. The number of benzene rings is 1. The zero-order valence-electron chi connectivity index (χ0n) is 13.1. The molecule has 0 saturated carbocycles. The van der Waals surface area contributed by atoms with E-state index in [-0.39, 0.29) is 5.92 Å². The van der Waals surface area contributed by atoms with E-state index in [0.717, 1.165) is 19.4 Å². The fourth-order valence-corrected chi connectivity index (χ4v) is 5.02. The molecule has 1 fully saturated rings. The Bertz CT molecular complexity index is 751. The van der Waals surface area contributed by atoms with Crippen LogP contribution in [-0.4, -0.2) is 40.2 Å². The number of likely N-dealkylation sites (N-methyl/N-ethyl adjacent to an activating group) is 1. The Morgan fingerprint density at radius 3 is 2.95 bits per heavy atom. The van der Waals surface area contributed by atoms with Crippen LogP contribution in [0.2, 0.25) is 0 Å². The van der Waals surface area contributed by atoms with Crippen LogP contribution in [-0.2, 0) is 18.3 Å². The molecule has 0 N–H and O–H groups in total. The van der Waals surface area contributed by atoms with Crippen LogP contribution in [0.5, 0.6) is 0 Å². The average molecular weight is 361 g/mol. The van der Waals surface area contributed by atoms with E-state index in [4.69, 9.17) is 0 Å². The lowest BCUT2D eigenvalue weighted by atomic mass is 9.72. The van der Waals surface area contributed by atoms with Crippen molar-refractivity contribution in [1.29, 1.82) is 0 Å². The lowest BCUT2D eigenvalue weighted by Gasteiger charge is -2.45. The van der Waals surface area contributed by atoms with E-state index in [1.54, 1.807) is 0 Å². The lowest BCUT2D eigenvalue weighted by molar-refractivity contribution is -0.122. The number of alkyl halides is 1. The summed E-state index contributed by atoms with van der Waals surface area (Å²) in [5.41, 5.74) is 4.23. The van der Waals surface area contributed by atoms with Crippen LogP contribution in [0.25, 0.3) is 10.9 Å². The van der Waals surface area contributed by atoms with Crippen molar-refractivity contribution in [2.45, 2.75) is 24.8 Å². The second kappa shape index (κ2) is 5.20. The van der Waals surface area contributed by atoms with Gasteiger partial charge in [0.2, 0.25) is 0 Å². The van der Waals surface area contributed by atoms with Crippen LogP contribution in [0.1, 0.15) is 23.5 Å². The van der Waals surface area contributed by atoms with Gasteiger partial charge in [-0.15, -0.1) is 0 Å². The Morgan fingerprint density at radius 2 is 2.18 bits per heavy atom. The van der Waals surface area contributed by atoms with Gasteiger partial charge >= 0.3 is 0 Å². The summed E-state index contributed by atoms with van der Waals surface area (Å²) in [4.78, 5) is 14.6. The van der Waals surface area contributed by atoms with Crippen LogP contribution in [0.4, 0.5) is 0 Å². The molecule has 116 valence electrons. The normalized spacial score (nSPS) is 27.9. The minimum atomic E-state index is 0.158. The summed E-state index contributed by atoms with van der Waals surface area (Å²) in [7, 11) is 4.31. The minimum absolute atomic E-state index is 0.158. The molecule has 1 aliphatic heterocycles. The van der Waals surface area contributed by atoms with E-state index < -0.39 is 0 Å². The van der Waals surface area contributed by atoms with Crippen LogP contribution < -0.4 is 0 Å². The number of halogens is 1. The number of hydrogen-bond acceptors (Lipinski definition) is 2. The van der Waals surface area contributed by atoms with Crippen molar-refractivity contribution in [3.05, 3.63) is 35.5 Å². The quantitative estimate of drug-likeness (QED) is 0.768. The highest BCUT2D eigenvalue weighted by Gasteiger charge is 2.41. The predicted molar refractivity (Wildman–Crippen MR) is 92.7 cm³/mol. The Labute approximate surface area is 139 Å². The number of piperidine rings is 1. The summed E-state index contributed by atoms with van der Waals surface area (Å²) in [6.07, 6.45) is 4.38. The van der Waals surface area contributed by atoms with Gasteiger partial charge in [-0.25, -0.2) is 0 Å². The van der Waals surface area contributed by atoms with Crippen molar-refractivity contribution in [2.75, 3.05) is 18.9 Å². The fraction of sp³-hybridized carbons (Fsp3) is 0.500. The van der Waals surface area contributed by atoms with Crippen molar-refractivity contribution in [3.63, 3.8) is 0 Å². The maximum atomic E-state index is 12.2. The molecule has 3 atom stereocenters. The number of ketones is 1. The van der Waals surface area contributed by atoms with Crippen molar-refractivity contribution in [2.24, 2.45) is 13.0 Å². The van der Waals surface area contributed by atoms with Gasteiger partial charge in [-0.2, -0.15) is 0 Å². The number of carbonyl (C=O) groups is 1. The number of likely N-dealkylation sites (tertiary alicyclic amines) is 1. The van der Waals surface area contributed by atoms with Crippen molar-refractivity contribution < 1.29 is 4.79 Å². The third-order valence-electron chi connectivity index (χ3n) is 5.62. The van der Waals surface area contributed by atoms with Gasteiger partial charge in [0.15, 0.2) is 0 Å². The monoisotopic (exact) mass is 360 g/mol. The third kappa shape index (κ3) is 2.00. The largest absolute Gasteiger partial charge is 0.350 e. The smallest absolute Gasteiger partial charge is 0.147 e. The van der Waals surface area contributed by atoms with Gasteiger partial charge in [0.1, 0.15) is 5.78 Å². The molecule has 2 heterocycles. The van der Waals surface area contributed by atoms with Gasteiger partial charge < -0.3 is 9.47 Å². The maximum Gasteiger partial charge on any atom is 0.147 e. The van der Waals surface area contributed by atoms with E-state index in [9.17, 15) is 4.79 Å². The zero-order chi connectivity index (χ0) is 15.4. The first kappa shape index (κ1) is 14.5. The molecule has 1 aromatic heterocycles. The lowest BCUT2D eigenvalue weighted by Crippen LogP contribution is -2.49. The van der Waals surface area contributed by atoms with Crippen molar-refractivity contribution in [1.82, 2.24) is 9.47 Å². The molecule has 4 rings (SSSR count). The Morgan fingerprint density at radius 1 is 1.36 bits per heavy atom. The predicted octanol–water partition coefficient (Wildman–Crippen LogP) is 3.10. The first-order valence-electron chi connectivity index (χ1n) is 7.96. The summed E-state index contributed by atoms with van der Waals surface area (Å²) in [5, 5.41) is 1.91. The highest BCUT2D eigenvalue weighted by Crippen LogP contribution is 2.44. The molecule has 1 saturated heterocycles. The number of aryl methyl sites for hydroxylation is 1. The number of carbonyl (C=O) groups excluding carboxylic acids is 1. The molecule has 1 aromatic carbocycles. The number of aromatic nitrogens is 1. The molecule has 2 aromatic rings. The Hall–Kier alpha value is -1.13. The van der Waals surface area contributed by atoms with Crippen LogP contribution in [0, 0.1) is 5.92 Å². The van der Waals surface area contributed by atoms with Crippen LogP contribution in [0.15, 0.2) is 24.4 Å². The second-order valence-electron chi connectivity index (χ2n) is 6.86. The van der Waals surface area contributed by atoms with Gasteiger partial charge in [-0.1, -0.05) is 28.1 Å². The van der Waals surface area contributed by atoms with E-state index in [0.29, 0.717) is 23.1 Å². The van der Waals surface area contributed by atoms with E-state index in [1.807, 2.05) is 0 Å². The highest BCUT2D eigenvalue weighted by atomic mass is 79.9. The first-order chi connectivity index (χ1) is 10.6. The molecule has 22 heavy (non-hydrogen) atoms. The van der Waals surface area contributed by atoms with E-state index in [1.165, 1.54) is 22.0 Å². The molecule has 4 heteroatoms. The summed E-state index contributed by atoms with van der Waals surface area (Å²) in [6, 6.07) is 7.17. The van der Waals surface area contributed by atoms with Gasteiger partial charge in [0.25, 0.3) is 0 Å². The van der Waals surface area contributed by atoms with Crippen molar-refractivity contribution in [3.8, 4) is 0 Å². The first-order valence-corrected chi connectivity index (χ1v) is 9.08. The Balaban J connectivity index is 1.82. The summed E-state index contributed by atoms with van der Waals surface area (Å²) < 4.78 is 2.24. The Kier molecular flexibility index (Phi) is 3.42. The minimum Gasteiger partial charge on any atom is -0.350 e. The average Bonchev–Trinajstić information content (AvgIpc) is 2.85. The molecule has 0 amide bonds. The summed E-state index contributed by atoms with van der Waals surface area (Å²) in [6.45, 7) is 0.893. The molecule has 0 radical (unpaired) electrons. The molecule has 2 aliphatic rings. The fourth-order valence-electron chi connectivity index (χ4n) is 4.56. The SMILES string of the molecule is CN1CC(C(=O)CBr)CC2c3cccc4c3c(cn4C)C[C@H]21. The van der Waals surface area contributed by atoms with Gasteiger partial charge in [-0.05, 0) is 37.1 Å². The highest BCUT2D eigenvalue weighted by molar-refractivity contribution is 9.09. The number of Topliss-reactive ketones (excluding diaryl/α,β-unsaturated/α-hetero) is 1. The molecule has 3 nitrogen and oxygen atoms in total. The second-order valence-corrected chi connectivity index (χ2v) is 7.42. The van der Waals surface area contributed by atoms with Gasteiger partial charge in [0.05, 0.1) is 5.33 Å². The van der Waals surface area contributed by atoms with Gasteiger partial charge in [0, 0.05) is 48.6 Å².